The van der Waals surface area contributed by atoms with Crippen molar-refractivity contribution in [3.8, 4) is 0 Å². The molecule has 1 aromatic rings. The van der Waals surface area contributed by atoms with Gasteiger partial charge in [-0.05, 0) is 18.6 Å². The lowest BCUT2D eigenvalue weighted by molar-refractivity contribution is -0.116. The zero-order valence-corrected chi connectivity index (χ0v) is 9.55. The Kier molecular flexibility index (Phi) is 4.25. The van der Waals surface area contributed by atoms with E-state index in [0.29, 0.717) is 12.1 Å². The van der Waals surface area contributed by atoms with Gasteiger partial charge in [-0.2, -0.15) is 0 Å². The molecule has 0 saturated heterocycles. The van der Waals surface area contributed by atoms with E-state index in [2.05, 4.69) is 4.98 Å². The molecule has 0 aliphatic heterocycles. The van der Waals surface area contributed by atoms with Crippen molar-refractivity contribution in [2.24, 2.45) is 5.73 Å². The largest absolute Gasteiger partial charge is 0.387 e. The molecule has 5 heteroatoms. The standard InChI is InChI=1S/C11H17N3O2/c1-3-10(15)9-5-4-8(6-13-9)14(2)7-11(12)16/h4-6,10,15H,3,7H2,1-2H3,(H2,12,16). The number of carbonyl (C=O) groups excluding carboxylic acids is 1. The van der Waals surface area contributed by atoms with Crippen LogP contribution in [0.25, 0.3) is 0 Å². The second-order valence-electron chi connectivity index (χ2n) is 3.69. The Morgan fingerprint density at radius 1 is 1.62 bits per heavy atom. The van der Waals surface area contributed by atoms with Crippen molar-refractivity contribution in [3.05, 3.63) is 24.0 Å². The summed E-state index contributed by atoms with van der Waals surface area (Å²) in [6.45, 7) is 2.04. The fourth-order valence-corrected chi connectivity index (χ4v) is 1.35. The number of primary amides is 1. The van der Waals surface area contributed by atoms with Gasteiger partial charge in [-0.25, -0.2) is 0 Å². The number of hydrogen-bond acceptors (Lipinski definition) is 4. The monoisotopic (exact) mass is 223 g/mol. The number of aliphatic hydroxyl groups excluding tert-OH is 1. The fourth-order valence-electron chi connectivity index (χ4n) is 1.35. The van der Waals surface area contributed by atoms with E-state index in [9.17, 15) is 9.90 Å². The molecule has 0 radical (unpaired) electrons. The van der Waals surface area contributed by atoms with E-state index in [4.69, 9.17) is 5.73 Å². The first-order valence-electron chi connectivity index (χ1n) is 5.18. The number of rotatable bonds is 5. The number of carbonyl (C=O) groups is 1. The molecule has 0 aliphatic rings. The summed E-state index contributed by atoms with van der Waals surface area (Å²) in [6.07, 6.45) is 1.72. The second-order valence-corrected chi connectivity index (χ2v) is 3.69. The van der Waals surface area contributed by atoms with Gasteiger partial charge in [0.15, 0.2) is 0 Å². The third-order valence-corrected chi connectivity index (χ3v) is 2.33. The summed E-state index contributed by atoms with van der Waals surface area (Å²) in [6, 6.07) is 3.56. The van der Waals surface area contributed by atoms with Crippen LogP contribution in [0.5, 0.6) is 0 Å². The number of nitrogens with two attached hydrogens (primary N) is 1. The number of hydrogen-bond donors (Lipinski definition) is 2. The predicted octanol–water partition coefficient (Wildman–Crippen LogP) is 0.446. The highest BCUT2D eigenvalue weighted by Crippen LogP contribution is 2.17. The molecule has 88 valence electrons. The van der Waals surface area contributed by atoms with Crippen molar-refractivity contribution in [1.29, 1.82) is 0 Å². The highest BCUT2D eigenvalue weighted by atomic mass is 16.3. The molecule has 0 fully saturated rings. The molecule has 1 unspecified atom stereocenters. The lowest BCUT2D eigenvalue weighted by atomic mass is 10.2. The topological polar surface area (TPSA) is 79.5 Å². The summed E-state index contributed by atoms with van der Waals surface area (Å²) < 4.78 is 0. The summed E-state index contributed by atoms with van der Waals surface area (Å²) >= 11 is 0. The SMILES string of the molecule is CCC(O)c1ccc(N(C)CC(N)=O)cn1. The Morgan fingerprint density at radius 2 is 2.31 bits per heavy atom. The third-order valence-electron chi connectivity index (χ3n) is 2.33. The van der Waals surface area contributed by atoms with Gasteiger partial charge in [-0.15, -0.1) is 0 Å². The van der Waals surface area contributed by atoms with Crippen LogP contribution in [-0.2, 0) is 4.79 Å². The number of pyridine rings is 1. The molecule has 5 nitrogen and oxygen atoms in total. The Bertz CT molecular complexity index is 351. The fraction of sp³-hybridized carbons (Fsp3) is 0.455. The van der Waals surface area contributed by atoms with Gasteiger partial charge < -0.3 is 15.7 Å². The van der Waals surface area contributed by atoms with Crippen molar-refractivity contribution in [2.75, 3.05) is 18.5 Å². The van der Waals surface area contributed by atoms with E-state index >= 15 is 0 Å². The molecule has 1 atom stereocenters. The molecule has 1 rings (SSSR count). The van der Waals surface area contributed by atoms with Gasteiger partial charge >= 0.3 is 0 Å². The van der Waals surface area contributed by atoms with Gasteiger partial charge in [-0.3, -0.25) is 9.78 Å². The molecule has 0 saturated carbocycles. The maximum absolute atomic E-state index is 10.7. The van der Waals surface area contributed by atoms with Crippen LogP contribution in [0, 0.1) is 0 Å². The molecule has 16 heavy (non-hydrogen) atoms. The molecule has 0 aromatic carbocycles. The summed E-state index contributed by atoms with van der Waals surface area (Å²) in [5.74, 6) is -0.389. The molecule has 1 aromatic heterocycles. The molecular formula is C11H17N3O2. The quantitative estimate of drug-likeness (QED) is 0.759. The predicted molar refractivity (Wildman–Crippen MR) is 62.0 cm³/mol. The van der Waals surface area contributed by atoms with Crippen molar-refractivity contribution in [2.45, 2.75) is 19.4 Å². The molecule has 0 bridgehead atoms. The van der Waals surface area contributed by atoms with Crippen molar-refractivity contribution < 1.29 is 9.90 Å². The van der Waals surface area contributed by atoms with Crippen LogP contribution in [-0.4, -0.2) is 29.6 Å². The number of aliphatic hydroxyl groups is 1. The van der Waals surface area contributed by atoms with Gasteiger partial charge in [0.25, 0.3) is 0 Å². The molecular weight excluding hydrogens is 206 g/mol. The minimum Gasteiger partial charge on any atom is -0.387 e. The lowest BCUT2D eigenvalue weighted by Crippen LogP contribution is -2.30. The molecule has 3 N–H and O–H groups in total. The van der Waals surface area contributed by atoms with E-state index in [1.54, 1.807) is 24.2 Å². The highest BCUT2D eigenvalue weighted by Gasteiger charge is 2.08. The number of anilines is 1. The van der Waals surface area contributed by atoms with Crippen LogP contribution in [0.4, 0.5) is 5.69 Å². The van der Waals surface area contributed by atoms with Crippen LogP contribution in [0.15, 0.2) is 18.3 Å². The number of likely N-dealkylation sites (N-methyl/N-ethyl adjacent to an activating group) is 1. The van der Waals surface area contributed by atoms with Gasteiger partial charge in [0.2, 0.25) is 5.91 Å². The minimum atomic E-state index is -0.532. The average molecular weight is 223 g/mol. The van der Waals surface area contributed by atoms with E-state index in [1.165, 1.54) is 0 Å². The zero-order chi connectivity index (χ0) is 12.1. The Hall–Kier alpha value is -1.62. The molecule has 1 amide bonds. The Labute approximate surface area is 94.9 Å². The minimum absolute atomic E-state index is 0.150. The number of aromatic nitrogens is 1. The first kappa shape index (κ1) is 12.4. The van der Waals surface area contributed by atoms with E-state index < -0.39 is 6.10 Å². The van der Waals surface area contributed by atoms with Gasteiger partial charge in [0, 0.05) is 7.05 Å². The third kappa shape index (κ3) is 3.20. The molecule has 1 heterocycles. The maximum Gasteiger partial charge on any atom is 0.236 e. The smallest absolute Gasteiger partial charge is 0.236 e. The first-order chi connectivity index (χ1) is 7.54. The second kappa shape index (κ2) is 5.46. The normalized spacial score (nSPS) is 12.2. The average Bonchev–Trinajstić information content (AvgIpc) is 2.27. The summed E-state index contributed by atoms with van der Waals surface area (Å²) in [5, 5.41) is 9.55. The Balaban J connectivity index is 2.74. The van der Waals surface area contributed by atoms with Crippen molar-refractivity contribution in [1.82, 2.24) is 4.98 Å². The van der Waals surface area contributed by atoms with Gasteiger partial charge in [0.1, 0.15) is 0 Å². The van der Waals surface area contributed by atoms with Crippen LogP contribution in [0.3, 0.4) is 0 Å². The van der Waals surface area contributed by atoms with Crippen LogP contribution >= 0.6 is 0 Å². The summed E-state index contributed by atoms with van der Waals surface area (Å²) in [7, 11) is 1.76. The van der Waals surface area contributed by atoms with Crippen molar-refractivity contribution >= 4 is 11.6 Å². The van der Waals surface area contributed by atoms with Gasteiger partial charge in [0.05, 0.1) is 30.2 Å². The van der Waals surface area contributed by atoms with E-state index in [-0.39, 0.29) is 12.5 Å². The van der Waals surface area contributed by atoms with Crippen molar-refractivity contribution in [3.63, 3.8) is 0 Å². The summed E-state index contributed by atoms with van der Waals surface area (Å²) in [4.78, 5) is 16.6. The van der Waals surface area contributed by atoms with Crippen LogP contribution in [0.1, 0.15) is 25.1 Å². The lowest BCUT2D eigenvalue weighted by Gasteiger charge is -2.17. The molecule has 0 spiro atoms. The number of amides is 1. The first-order valence-corrected chi connectivity index (χ1v) is 5.18. The number of nitrogens with zero attached hydrogens (tertiary/aromatic N) is 2. The summed E-state index contributed by atoms with van der Waals surface area (Å²) in [5.41, 5.74) is 6.52. The maximum atomic E-state index is 10.7. The van der Waals surface area contributed by atoms with E-state index in [1.807, 2.05) is 13.0 Å². The molecule has 0 aliphatic carbocycles. The van der Waals surface area contributed by atoms with E-state index in [0.717, 1.165) is 5.69 Å². The van der Waals surface area contributed by atoms with Crippen LogP contribution in [0.2, 0.25) is 0 Å². The van der Waals surface area contributed by atoms with Crippen LogP contribution < -0.4 is 10.6 Å². The zero-order valence-electron chi connectivity index (χ0n) is 9.55. The van der Waals surface area contributed by atoms with Gasteiger partial charge in [-0.1, -0.05) is 6.92 Å². The highest BCUT2D eigenvalue weighted by molar-refractivity contribution is 5.79. The Morgan fingerprint density at radius 3 is 2.75 bits per heavy atom.